The number of amides is 2. The van der Waals surface area contributed by atoms with E-state index in [1.54, 1.807) is 6.08 Å². The maximum atomic E-state index is 13.0. The minimum atomic E-state index is 0.0727. The van der Waals surface area contributed by atoms with Crippen LogP contribution in [0.4, 0.5) is 0 Å². The fourth-order valence-electron chi connectivity index (χ4n) is 8.68. The van der Waals surface area contributed by atoms with Gasteiger partial charge in [0.2, 0.25) is 11.8 Å². The van der Waals surface area contributed by atoms with Crippen molar-refractivity contribution in [2.24, 2.45) is 34.5 Å². The molecule has 2 heterocycles. The maximum Gasteiger partial charge on any atom is 0.243 e. The highest BCUT2D eigenvalue weighted by atomic mass is 16.2. The molecule has 5 heteroatoms. The quantitative estimate of drug-likeness (QED) is 0.563. The van der Waals surface area contributed by atoms with Gasteiger partial charge in [0.25, 0.3) is 0 Å². The van der Waals surface area contributed by atoms with Crippen LogP contribution in [0.1, 0.15) is 64.4 Å². The van der Waals surface area contributed by atoms with Gasteiger partial charge in [0, 0.05) is 36.1 Å². The molecule has 3 saturated carbocycles. The summed E-state index contributed by atoms with van der Waals surface area (Å²) in [6.07, 6.45) is 14.6. The van der Waals surface area contributed by atoms with Crippen LogP contribution in [0, 0.1) is 34.5 Å². The second kappa shape index (κ2) is 8.53. The summed E-state index contributed by atoms with van der Waals surface area (Å²) in [5.74, 6) is 2.83. The number of nitrogens with one attached hydrogen (secondary N) is 3. The van der Waals surface area contributed by atoms with Crippen molar-refractivity contribution in [2.45, 2.75) is 71.3 Å². The van der Waals surface area contributed by atoms with Crippen LogP contribution in [0.25, 0.3) is 10.9 Å². The highest BCUT2D eigenvalue weighted by Gasteiger charge is 2.59. The van der Waals surface area contributed by atoms with E-state index >= 15 is 0 Å². The smallest absolute Gasteiger partial charge is 0.243 e. The molecule has 3 N–H and O–H groups in total. The van der Waals surface area contributed by atoms with Crippen molar-refractivity contribution >= 4 is 22.7 Å². The average molecular weight is 474 g/mol. The van der Waals surface area contributed by atoms with Crippen LogP contribution >= 0.6 is 0 Å². The zero-order valence-corrected chi connectivity index (χ0v) is 21.1. The monoisotopic (exact) mass is 473 g/mol. The molecule has 1 aromatic heterocycles. The van der Waals surface area contributed by atoms with Crippen LogP contribution in [-0.2, 0) is 16.0 Å². The molecule has 186 valence electrons. The van der Waals surface area contributed by atoms with Crippen LogP contribution in [0.15, 0.2) is 42.6 Å². The minimum absolute atomic E-state index is 0.0727. The summed E-state index contributed by atoms with van der Waals surface area (Å²) < 4.78 is 0. The first-order valence-electron chi connectivity index (χ1n) is 13.7. The number of carbonyl (C=O) groups is 2. The number of carbonyl (C=O) groups excluding carboxylic acids is 2. The van der Waals surface area contributed by atoms with Crippen LogP contribution in [0.2, 0.25) is 0 Å². The van der Waals surface area contributed by atoms with Crippen molar-refractivity contribution in [3.8, 4) is 0 Å². The number of H-pyrrole nitrogens is 1. The van der Waals surface area contributed by atoms with E-state index < -0.39 is 0 Å². The predicted octanol–water partition coefficient (Wildman–Crippen LogP) is 5.13. The van der Waals surface area contributed by atoms with E-state index in [1.165, 1.54) is 43.1 Å². The van der Waals surface area contributed by atoms with Crippen molar-refractivity contribution < 1.29 is 9.59 Å². The van der Waals surface area contributed by atoms with Crippen molar-refractivity contribution in [3.63, 3.8) is 0 Å². The lowest BCUT2D eigenvalue weighted by Crippen LogP contribution is -2.59. The van der Waals surface area contributed by atoms with Crippen molar-refractivity contribution in [2.75, 3.05) is 6.54 Å². The lowest BCUT2D eigenvalue weighted by molar-refractivity contribution is -0.125. The van der Waals surface area contributed by atoms with E-state index in [0.29, 0.717) is 36.6 Å². The second-order valence-corrected chi connectivity index (χ2v) is 12.2. The highest BCUT2D eigenvalue weighted by molar-refractivity contribution is 5.89. The third-order valence-corrected chi connectivity index (χ3v) is 10.7. The van der Waals surface area contributed by atoms with Gasteiger partial charge < -0.3 is 15.6 Å². The molecule has 0 unspecified atom stereocenters. The predicted molar refractivity (Wildman–Crippen MR) is 139 cm³/mol. The van der Waals surface area contributed by atoms with Gasteiger partial charge in [0.1, 0.15) is 0 Å². The number of hydrogen-bond donors (Lipinski definition) is 3. The summed E-state index contributed by atoms with van der Waals surface area (Å²) in [5.41, 5.74) is 2.77. The summed E-state index contributed by atoms with van der Waals surface area (Å²) in [6.45, 7) is 5.56. The fourth-order valence-corrected chi connectivity index (χ4v) is 8.68. The third-order valence-electron chi connectivity index (χ3n) is 10.7. The maximum absolute atomic E-state index is 13.0. The number of hydrogen-bond acceptors (Lipinski definition) is 2. The Labute approximate surface area is 208 Å². The van der Waals surface area contributed by atoms with Gasteiger partial charge in [-0.15, -0.1) is 0 Å². The number of aromatic amines is 1. The molecule has 2 aromatic rings. The third kappa shape index (κ3) is 3.82. The van der Waals surface area contributed by atoms with Crippen molar-refractivity contribution in [1.82, 2.24) is 15.6 Å². The van der Waals surface area contributed by atoms with Crippen molar-refractivity contribution in [3.05, 3.63) is 48.2 Å². The summed E-state index contributed by atoms with van der Waals surface area (Å²) in [4.78, 5) is 28.2. The Kier molecular flexibility index (Phi) is 5.58. The van der Waals surface area contributed by atoms with Gasteiger partial charge in [-0.2, -0.15) is 0 Å². The SMILES string of the molecule is C[C@]12C=CC(=O)N[C@@H]1CC[C@@H]1[C@@H]2CC[C@]2(C)[C@@H](CC(=O)NCCc3ccc4[nH]ccc4c3)CC[C@@H]12. The molecular weight excluding hydrogens is 434 g/mol. The molecule has 1 aliphatic heterocycles. The summed E-state index contributed by atoms with van der Waals surface area (Å²) in [6, 6.07) is 8.85. The zero-order valence-electron chi connectivity index (χ0n) is 21.1. The van der Waals surface area contributed by atoms with Crippen LogP contribution in [-0.4, -0.2) is 29.4 Å². The summed E-state index contributed by atoms with van der Waals surface area (Å²) >= 11 is 0. The Morgan fingerprint density at radius 1 is 1.09 bits per heavy atom. The number of rotatable bonds is 5. The van der Waals surface area contributed by atoms with Gasteiger partial charge in [-0.3, -0.25) is 9.59 Å². The normalized spacial score (nSPS) is 37.9. The van der Waals surface area contributed by atoms with Gasteiger partial charge in [-0.25, -0.2) is 0 Å². The molecule has 4 aliphatic rings. The number of aromatic nitrogens is 1. The standard InChI is InChI=1S/C30H39N3O2/c1-29-13-9-24-22(5-8-26-30(24,2)14-10-27(34)33-26)23(29)6-4-21(29)18-28(35)32-15-11-19-3-7-25-20(17-19)12-16-31-25/h3,7,10,12,14,16-17,21-24,26,31H,4-6,8-9,11,13,15,18H2,1-2H3,(H,32,35)(H,33,34)/t21-,22+,23+,24+,26-,29-,30-/m1/s1. The first-order chi connectivity index (χ1) is 16.9. The highest BCUT2D eigenvalue weighted by Crippen LogP contribution is 2.65. The van der Waals surface area contributed by atoms with E-state index in [1.807, 2.05) is 6.20 Å². The molecule has 0 bridgehead atoms. The van der Waals surface area contributed by atoms with E-state index in [2.05, 4.69) is 59.8 Å². The molecule has 3 aliphatic carbocycles. The molecule has 5 nitrogen and oxygen atoms in total. The fraction of sp³-hybridized carbons (Fsp3) is 0.600. The topological polar surface area (TPSA) is 74.0 Å². The zero-order chi connectivity index (χ0) is 24.2. The van der Waals surface area contributed by atoms with E-state index in [4.69, 9.17) is 0 Å². The Bertz CT molecular complexity index is 1170. The molecule has 7 atom stereocenters. The van der Waals surface area contributed by atoms with Crippen LogP contribution < -0.4 is 10.6 Å². The van der Waals surface area contributed by atoms with Gasteiger partial charge in [0.15, 0.2) is 0 Å². The Morgan fingerprint density at radius 3 is 2.86 bits per heavy atom. The Hall–Kier alpha value is -2.56. The van der Waals surface area contributed by atoms with Gasteiger partial charge >= 0.3 is 0 Å². The van der Waals surface area contributed by atoms with Crippen LogP contribution in [0.3, 0.4) is 0 Å². The molecular formula is C30H39N3O2. The molecule has 2 amide bonds. The van der Waals surface area contributed by atoms with Gasteiger partial charge in [0.05, 0.1) is 0 Å². The van der Waals surface area contributed by atoms with Crippen LogP contribution in [0.5, 0.6) is 0 Å². The molecule has 1 aromatic carbocycles. The molecule has 0 radical (unpaired) electrons. The molecule has 0 spiro atoms. The van der Waals surface area contributed by atoms with E-state index in [9.17, 15) is 9.59 Å². The molecule has 35 heavy (non-hydrogen) atoms. The van der Waals surface area contributed by atoms with Crippen molar-refractivity contribution in [1.29, 1.82) is 0 Å². The first-order valence-corrected chi connectivity index (χ1v) is 13.7. The Balaban J connectivity index is 1.07. The largest absolute Gasteiger partial charge is 0.361 e. The minimum Gasteiger partial charge on any atom is -0.361 e. The van der Waals surface area contributed by atoms with Gasteiger partial charge in [-0.05, 0) is 109 Å². The Morgan fingerprint density at radius 2 is 1.97 bits per heavy atom. The second-order valence-electron chi connectivity index (χ2n) is 12.2. The summed E-state index contributed by atoms with van der Waals surface area (Å²) in [5, 5.41) is 7.70. The lowest BCUT2D eigenvalue weighted by Gasteiger charge is -2.59. The summed E-state index contributed by atoms with van der Waals surface area (Å²) in [7, 11) is 0. The average Bonchev–Trinajstić information content (AvgIpc) is 3.43. The molecule has 6 rings (SSSR count). The molecule has 3 fully saturated rings. The van der Waals surface area contributed by atoms with Gasteiger partial charge in [-0.1, -0.05) is 26.0 Å². The van der Waals surface area contributed by atoms with E-state index in [-0.39, 0.29) is 28.7 Å². The lowest BCUT2D eigenvalue weighted by atomic mass is 9.48. The number of benzene rings is 1. The first kappa shape index (κ1) is 22.9. The number of fused-ring (bicyclic) bond motifs is 6. The van der Waals surface area contributed by atoms with E-state index in [0.717, 1.165) is 18.4 Å². The molecule has 0 saturated heterocycles.